The van der Waals surface area contributed by atoms with Crippen LogP contribution >= 0.6 is 0 Å². The summed E-state index contributed by atoms with van der Waals surface area (Å²) in [4.78, 5) is 5.13. The Hall–Kier alpha value is -0.120. The van der Waals surface area contributed by atoms with Crippen LogP contribution in [0.15, 0.2) is 0 Å². The molecule has 0 bridgehead atoms. The molecule has 2 atom stereocenters. The Morgan fingerprint density at radius 1 is 1.24 bits per heavy atom. The summed E-state index contributed by atoms with van der Waals surface area (Å²) < 4.78 is 0. The molecule has 17 heavy (non-hydrogen) atoms. The van der Waals surface area contributed by atoms with E-state index in [1.165, 1.54) is 58.3 Å². The molecule has 2 N–H and O–H groups in total. The van der Waals surface area contributed by atoms with E-state index in [0.29, 0.717) is 5.54 Å². The summed E-state index contributed by atoms with van der Waals surface area (Å²) >= 11 is 0. The van der Waals surface area contributed by atoms with E-state index >= 15 is 0 Å². The lowest BCUT2D eigenvalue weighted by molar-refractivity contribution is 0.00358. The molecule has 1 saturated heterocycles. The predicted molar refractivity (Wildman–Crippen MR) is 73.1 cm³/mol. The van der Waals surface area contributed by atoms with Crippen LogP contribution in [0.25, 0.3) is 0 Å². The van der Waals surface area contributed by atoms with Gasteiger partial charge in [0.15, 0.2) is 0 Å². The molecule has 2 fully saturated rings. The van der Waals surface area contributed by atoms with Crippen molar-refractivity contribution in [2.24, 2.45) is 11.7 Å². The van der Waals surface area contributed by atoms with Crippen molar-refractivity contribution in [3.63, 3.8) is 0 Å². The Morgan fingerprint density at radius 3 is 2.53 bits per heavy atom. The van der Waals surface area contributed by atoms with Crippen LogP contribution in [0.1, 0.15) is 39.0 Å². The Kier molecular flexibility index (Phi) is 4.45. The summed E-state index contributed by atoms with van der Waals surface area (Å²) in [7, 11) is 2.22. The highest BCUT2D eigenvalue weighted by molar-refractivity contribution is 4.97. The fourth-order valence-corrected chi connectivity index (χ4v) is 3.69. The first-order valence-corrected chi connectivity index (χ1v) is 7.34. The predicted octanol–water partition coefficient (Wildman–Crippen LogP) is 1.53. The quantitative estimate of drug-likeness (QED) is 0.811. The van der Waals surface area contributed by atoms with Gasteiger partial charge in [-0.1, -0.05) is 26.2 Å². The third kappa shape index (κ3) is 2.83. The summed E-state index contributed by atoms with van der Waals surface area (Å²) in [6.45, 7) is 8.03. The smallest absolute Gasteiger partial charge is 0.0335 e. The standard InChI is InChI=1S/C14H29N3/c1-3-13-5-4-6-14(11-13,12-15)17-9-7-16(2)8-10-17/h13H,3-12,15H2,1-2H3. The lowest BCUT2D eigenvalue weighted by Crippen LogP contribution is -2.61. The van der Waals surface area contributed by atoms with Gasteiger partial charge in [-0.15, -0.1) is 0 Å². The molecule has 0 aromatic heterocycles. The van der Waals surface area contributed by atoms with Crippen LogP contribution in [0.3, 0.4) is 0 Å². The van der Waals surface area contributed by atoms with E-state index in [2.05, 4.69) is 23.8 Å². The molecule has 100 valence electrons. The highest BCUT2D eigenvalue weighted by Crippen LogP contribution is 2.38. The average Bonchev–Trinajstić information content (AvgIpc) is 2.39. The second kappa shape index (κ2) is 5.68. The number of nitrogens with zero attached hydrogens (tertiary/aromatic N) is 2. The lowest BCUT2D eigenvalue weighted by atomic mass is 9.73. The molecule has 0 aromatic carbocycles. The zero-order valence-electron chi connectivity index (χ0n) is 11.6. The van der Waals surface area contributed by atoms with E-state index in [4.69, 9.17) is 5.73 Å². The Morgan fingerprint density at radius 2 is 1.94 bits per heavy atom. The minimum atomic E-state index is 0.334. The Labute approximate surface area is 106 Å². The molecule has 2 aliphatic rings. The van der Waals surface area contributed by atoms with Crippen molar-refractivity contribution in [1.82, 2.24) is 9.80 Å². The van der Waals surface area contributed by atoms with Crippen molar-refractivity contribution in [3.8, 4) is 0 Å². The molecule has 0 radical (unpaired) electrons. The van der Waals surface area contributed by atoms with E-state index < -0.39 is 0 Å². The number of rotatable bonds is 3. The molecule has 3 nitrogen and oxygen atoms in total. The van der Waals surface area contributed by atoms with E-state index in [1.807, 2.05) is 0 Å². The van der Waals surface area contributed by atoms with Gasteiger partial charge in [0.1, 0.15) is 0 Å². The van der Waals surface area contributed by atoms with Crippen LogP contribution in [0, 0.1) is 5.92 Å². The molecular weight excluding hydrogens is 210 g/mol. The Balaban J connectivity index is 2.02. The summed E-state index contributed by atoms with van der Waals surface area (Å²) in [5.41, 5.74) is 6.50. The molecule has 1 heterocycles. The largest absolute Gasteiger partial charge is 0.329 e. The number of likely N-dealkylation sites (N-methyl/N-ethyl adjacent to an activating group) is 1. The molecular formula is C14H29N3. The maximum absolute atomic E-state index is 6.17. The molecule has 3 heteroatoms. The maximum atomic E-state index is 6.17. The molecule has 2 unspecified atom stereocenters. The first kappa shape index (κ1) is 13.3. The van der Waals surface area contributed by atoms with Crippen molar-refractivity contribution >= 4 is 0 Å². The van der Waals surface area contributed by atoms with E-state index in [-0.39, 0.29) is 0 Å². The van der Waals surface area contributed by atoms with Crippen LogP contribution in [0.4, 0.5) is 0 Å². The molecule has 2 rings (SSSR count). The second-order valence-electron chi connectivity index (χ2n) is 6.09. The van der Waals surface area contributed by atoms with Crippen LogP contribution in [0.5, 0.6) is 0 Å². The van der Waals surface area contributed by atoms with Gasteiger partial charge in [-0.05, 0) is 25.8 Å². The molecule has 0 aromatic rings. The summed E-state index contributed by atoms with van der Waals surface area (Å²) in [6.07, 6.45) is 6.79. The van der Waals surface area contributed by atoms with Gasteiger partial charge in [0.05, 0.1) is 0 Å². The van der Waals surface area contributed by atoms with E-state index in [0.717, 1.165) is 12.5 Å². The van der Waals surface area contributed by atoms with Crippen LogP contribution in [0.2, 0.25) is 0 Å². The number of hydrogen-bond donors (Lipinski definition) is 1. The van der Waals surface area contributed by atoms with Crippen LogP contribution < -0.4 is 5.73 Å². The highest BCUT2D eigenvalue weighted by Gasteiger charge is 2.40. The van der Waals surface area contributed by atoms with Crippen molar-refractivity contribution < 1.29 is 0 Å². The number of nitrogens with two attached hydrogens (primary N) is 1. The molecule has 0 amide bonds. The third-order valence-corrected chi connectivity index (χ3v) is 5.05. The molecule has 0 spiro atoms. The van der Waals surface area contributed by atoms with E-state index in [1.54, 1.807) is 0 Å². The molecule has 1 saturated carbocycles. The van der Waals surface area contributed by atoms with Gasteiger partial charge in [0.2, 0.25) is 0 Å². The first-order chi connectivity index (χ1) is 8.20. The van der Waals surface area contributed by atoms with Crippen LogP contribution in [-0.2, 0) is 0 Å². The van der Waals surface area contributed by atoms with Crippen molar-refractivity contribution in [1.29, 1.82) is 0 Å². The second-order valence-corrected chi connectivity index (χ2v) is 6.09. The van der Waals surface area contributed by atoms with Gasteiger partial charge >= 0.3 is 0 Å². The minimum Gasteiger partial charge on any atom is -0.329 e. The van der Waals surface area contributed by atoms with Gasteiger partial charge < -0.3 is 10.6 Å². The average molecular weight is 239 g/mol. The maximum Gasteiger partial charge on any atom is 0.0335 e. The van der Waals surface area contributed by atoms with Gasteiger partial charge in [-0.2, -0.15) is 0 Å². The van der Waals surface area contributed by atoms with E-state index in [9.17, 15) is 0 Å². The van der Waals surface area contributed by atoms with Crippen molar-refractivity contribution in [3.05, 3.63) is 0 Å². The fourth-order valence-electron chi connectivity index (χ4n) is 3.69. The number of hydrogen-bond acceptors (Lipinski definition) is 3. The third-order valence-electron chi connectivity index (χ3n) is 5.05. The van der Waals surface area contributed by atoms with Crippen molar-refractivity contribution in [2.45, 2.75) is 44.6 Å². The Bertz CT molecular complexity index is 236. The zero-order chi connectivity index (χ0) is 12.3. The highest BCUT2D eigenvalue weighted by atomic mass is 15.3. The van der Waals surface area contributed by atoms with Gasteiger partial charge in [0, 0.05) is 38.3 Å². The van der Waals surface area contributed by atoms with Gasteiger partial charge in [-0.25, -0.2) is 0 Å². The zero-order valence-corrected chi connectivity index (χ0v) is 11.6. The SMILES string of the molecule is CCC1CCCC(CN)(N2CCN(C)CC2)C1. The monoisotopic (exact) mass is 239 g/mol. The van der Waals surface area contributed by atoms with Crippen LogP contribution in [-0.4, -0.2) is 55.1 Å². The fraction of sp³-hybridized carbons (Fsp3) is 1.00. The topological polar surface area (TPSA) is 32.5 Å². The first-order valence-electron chi connectivity index (χ1n) is 7.34. The summed E-state index contributed by atoms with van der Waals surface area (Å²) in [6, 6.07) is 0. The molecule has 1 aliphatic carbocycles. The van der Waals surface area contributed by atoms with Crippen molar-refractivity contribution in [2.75, 3.05) is 39.8 Å². The summed E-state index contributed by atoms with van der Waals surface area (Å²) in [5, 5.41) is 0. The van der Waals surface area contributed by atoms with Gasteiger partial charge in [0.25, 0.3) is 0 Å². The normalized spacial score (nSPS) is 37.2. The van der Waals surface area contributed by atoms with Gasteiger partial charge in [-0.3, -0.25) is 4.90 Å². The summed E-state index contributed by atoms with van der Waals surface area (Å²) in [5.74, 6) is 0.909. The molecule has 1 aliphatic heterocycles. The minimum absolute atomic E-state index is 0.334. The lowest BCUT2D eigenvalue weighted by Gasteiger charge is -2.50. The number of piperazine rings is 1.